The lowest BCUT2D eigenvalue weighted by Crippen LogP contribution is -2.30. The Morgan fingerprint density at radius 3 is 2.94 bits per heavy atom. The molecule has 1 saturated heterocycles. The van der Waals surface area contributed by atoms with Crippen molar-refractivity contribution < 1.29 is 19.4 Å². The predicted octanol–water partition coefficient (Wildman–Crippen LogP) is 1.03. The number of aliphatic hydroxyl groups is 1. The summed E-state index contributed by atoms with van der Waals surface area (Å²) in [5, 5.41) is 9.88. The zero-order valence-electron chi connectivity index (χ0n) is 9.52. The molecule has 0 aromatic carbocycles. The summed E-state index contributed by atoms with van der Waals surface area (Å²) >= 11 is 0. The zero-order valence-corrected chi connectivity index (χ0v) is 9.52. The number of rotatable bonds is 4. The second-order valence-electron chi connectivity index (χ2n) is 4.73. The van der Waals surface area contributed by atoms with Crippen LogP contribution in [0, 0.1) is 5.92 Å². The molecule has 4 nitrogen and oxygen atoms in total. The quantitative estimate of drug-likeness (QED) is 0.442. The van der Waals surface area contributed by atoms with Crippen LogP contribution in [0.3, 0.4) is 0 Å². The van der Waals surface area contributed by atoms with Crippen LogP contribution in [0.25, 0.3) is 0 Å². The van der Waals surface area contributed by atoms with E-state index < -0.39 is 12.1 Å². The van der Waals surface area contributed by atoms with Gasteiger partial charge in [0.15, 0.2) is 0 Å². The molecule has 2 aliphatic rings. The lowest BCUT2D eigenvalue weighted by Gasteiger charge is -2.24. The van der Waals surface area contributed by atoms with Crippen LogP contribution in [0.2, 0.25) is 0 Å². The van der Waals surface area contributed by atoms with E-state index in [-0.39, 0.29) is 12.5 Å². The Morgan fingerprint density at radius 2 is 2.31 bits per heavy atom. The second-order valence-corrected chi connectivity index (χ2v) is 4.73. The van der Waals surface area contributed by atoms with Crippen molar-refractivity contribution in [3.63, 3.8) is 0 Å². The first-order chi connectivity index (χ1) is 7.58. The Bertz CT molecular complexity index is 299. The summed E-state index contributed by atoms with van der Waals surface area (Å²) < 4.78 is 10.3. The molecule has 0 aromatic rings. The molecule has 0 radical (unpaired) electrons. The Morgan fingerprint density at radius 1 is 1.56 bits per heavy atom. The largest absolute Gasteiger partial charge is 0.460 e. The second kappa shape index (κ2) is 4.55. The fourth-order valence-electron chi connectivity index (χ4n) is 2.20. The van der Waals surface area contributed by atoms with Crippen LogP contribution >= 0.6 is 0 Å². The van der Waals surface area contributed by atoms with Crippen molar-refractivity contribution >= 4 is 5.97 Å². The van der Waals surface area contributed by atoms with Gasteiger partial charge in [0.05, 0.1) is 18.3 Å². The fraction of sp³-hybridized carbons (Fsp3) is 0.750. The number of esters is 1. The maximum absolute atomic E-state index is 11.1. The van der Waals surface area contributed by atoms with Crippen molar-refractivity contribution in [3.05, 3.63) is 12.2 Å². The minimum Gasteiger partial charge on any atom is -0.460 e. The number of epoxide rings is 1. The third-order valence-corrected chi connectivity index (χ3v) is 3.32. The molecule has 4 heteroatoms. The van der Waals surface area contributed by atoms with E-state index >= 15 is 0 Å². The van der Waals surface area contributed by atoms with Gasteiger partial charge in [0.2, 0.25) is 0 Å². The monoisotopic (exact) mass is 226 g/mol. The number of fused-ring (bicyclic) bond motifs is 1. The van der Waals surface area contributed by atoms with Gasteiger partial charge in [-0.25, -0.2) is 4.79 Å². The summed E-state index contributed by atoms with van der Waals surface area (Å²) in [6.45, 7) is 5.15. The Kier molecular flexibility index (Phi) is 3.30. The molecule has 1 aliphatic heterocycles. The summed E-state index contributed by atoms with van der Waals surface area (Å²) in [6.07, 6.45) is 3.05. The van der Waals surface area contributed by atoms with E-state index in [4.69, 9.17) is 9.47 Å². The highest BCUT2D eigenvalue weighted by Crippen LogP contribution is 2.40. The number of aliphatic hydroxyl groups excluding tert-OH is 1. The van der Waals surface area contributed by atoms with Crippen molar-refractivity contribution in [1.82, 2.24) is 0 Å². The van der Waals surface area contributed by atoms with Crippen LogP contribution in [0.5, 0.6) is 0 Å². The normalized spacial score (nSPS) is 33.8. The van der Waals surface area contributed by atoms with Gasteiger partial charge in [0.25, 0.3) is 0 Å². The molecule has 1 heterocycles. The Labute approximate surface area is 95.2 Å². The van der Waals surface area contributed by atoms with Gasteiger partial charge in [-0.15, -0.1) is 0 Å². The van der Waals surface area contributed by atoms with Gasteiger partial charge in [0, 0.05) is 5.57 Å². The average molecular weight is 226 g/mol. The van der Waals surface area contributed by atoms with Crippen LogP contribution in [-0.4, -0.2) is 36.0 Å². The summed E-state index contributed by atoms with van der Waals surface area (Å²) in [6, 6.07) is 0. The summed E-state index contributed by atoms with van der Waals surface area (Å²) in [7, 11) is 0. The summed E-state index contributed by atoms with van der Waals surface area (Å²) in [4.78, 5) is 11.1. The average Bonchev–Trinajstić information content (AvgIpc) is 3.02. The van der Waals surface area contributed by atoms with Gasteiger partial charge in [-0.05, 0) is 32.1 Å². The van der Waals surface area contributed by atoms with Gasteiger partial charge in [-0.3, -0.25) is 0 Å². The Hall–Kier alpha value is -0.870. The first-order valence-corrected chi connectivity index (χ1v) is 5.74. The molecule has 1 N–H and O–H groups in total. The van der Waals surface area contributed by atoms with Crippen molar-refractivity contribution in [3.8, 4) is 0 Å². The van der Waals surface area contributed by atoms with Crippen LogP contribution in [-0.2, 0) is 14.3 Å². The lowest BCUT2D eigenvalue weighted by atomic mass is 9.85. The van der Waals surface area contributed by atoms with E-state index in [1.54, 1.807) is 6.92 Å². The van der Waals surface area contributed by atoms with Crippen LogP contribution in [0.4, 0.5) is 0 Å². The van der Waals surface area contributed by atoms with E-state index in [1.165, 1.54) is 0 Å². The van der Waals surface area contributed by atoms with Crippen molar-refractivity contribution in [2.24, 2.45) is 5.92 Å². The van der Waals surface area contributed by atoms with E-state index in [0.29, 0.717) is 17.8 Å². The van der Waals surface area contributed by atoms with E-state index in [1.807, 2.05) is 0 Å². The molecule has 1 aliphatic carbocycles. The van der Waals surface area contributed by atoms with Crippen LogP contribution in [0.1, 0.15) is 26.2 Å². The number of ether oxygens (including phenoxy) is 2. The van der Waals surface area contributed by atoms with Gasteiger partial charge >= 0.3 is 5.97 Å². The predicted molar refractivity (Wildman–Crippen MR) is 57.8 cm³/mol. The smallest absolute Gasteiger partial charge is 0.333 e. The molecule has 0 amide bonds. The highest BCUT2D eigenvalue weighted by molar-refractivity contribution is 5.86. The highest BCUT2D eigenvalue weighted by atomic mass is 16.6. The maximum Gasteiger partial charge on any atom is 0.333 e. The van der Waals surface area contributed by atoms with E-state index in [9.17, 15) is 9.90 Å². The minimum absolute atomic E-state index is 0.0632. The third kappa shape index (κ3) is 2.62. The van der Waals surface area contributed by atoms with E-state index in [0.717, 1.165) is 19.3 Å². The molecule has 2 rings (SSSR count). The molecule has 2 fully saturated rings. The number of hydrogen-bond donors (Lipinski definition) is 1. The third-order valence-electron chi connectivity index (χ3n) is 3.32. The molecule has 4 atom stereocenters. The summed E-state index contributed by atoms with van der Waals surface area (Å²) in [5.74, 6) is -0.239. The topological polar surface area (TPSA) is 59.1 Å². The molecular weight excluding hydrogens is 208 g/mol. The highest BCUT2D eigenvalue weighted by Gasteiger charge is 2.45. The van der Waals surface area contributed by atoms with E-state index in [2.05, 4.69) is 6.58 Å². The van der Waals surface area contributed by atoms with Crippen molar-refractivity contribution in [2.75, 3.05) is 6.61 Å². The van der Waals surface area contributed by atoms with Crippen molar-refractivity contribution in [2.45, 2.75) is 44.5 Å². The van der Waals surface area contributed by atoms with Gasteiger partial charge in [-0.1, -0.05) is 6.58 Å². The zero-order chi connectivity index (χ0) is 11.7. The molecule has 0 spiro atoms. The van der Waals surface area contributed by atoms with Crippen LogP contribution in [0.15, 0.2) is 12.2 Å². The summed E-state index contributed by atoms with van der Waals surface area (Å²) in [5.41, 5.74) is 0.362. The number of carbonyl (C=O) groups excluding carboxylic acids is 1. The molecule has 0 bridgehead atoms. The SMILES string of the molecule is C=C(C)C(=O)OCC(O)C1CCC2OC2C1. The molecular formula is C12H18O4. The number of hydrogen-bond acceptors (Lipinski definition) is 4. The first-order valence-electron chi connectivity index (χ1n) is 5.74. The lowest BCUT2D eigenvalue weighted by molar-refractivity contribution is -0.143. The van der Waals surface area contributed by atoms with Gasteiger partial charge in [0.1, 0.15) is 6.61 Å². The first kappa shape index (κ1) is 11.6. The molecule has 0 aromatic heterocycles. The standard InChI is InChI=1S/C12H18O4/c1-7(2)12(14)15-6-9(13)8-3-4-10-11(5-8)16-10/h8-11,13H,1,3-6H2,2H3. The van der Waals surface area contributed by atoms with Crippen LogP contribution < -0.4 is 0 Å². The van der Waals surface area contributed by atoms with Gasteiger partial charge in [-0.2, -0.15) is 0 Å². The number of carbonyl (C=O) groups is 1. The van der Waals surface area contributed by atoms with Crippen molar-refractivity contribution in [1.29, 1.82) is 0 Å². The molecule has 90 valence electrons. The van der Waals surface area contributed by atoms with Gasteiger partial charge < -0.3 is 14.6 Å². The minimum atomic E-state index is -0.576. The Balaban J connectivity index is 1.72. The molecule has 1 saturated carbocycles. The maximum atomic E-state index is 11.1. The molecule has 4 unspecified atom stereocenters. The molecule has 16 heavy (non-hydrogen) atoms. The fourth-order valence-corrected chi connectivity index (χ4v) is 2.20.